The van der Waals surface area contributed by atoms with Crippen molar-refractivity contribution in [1.29, 1.82) is 0 Å². The van der Waals surface area contributed by atoms with Crippen LogP contribution in [0.5, 0.6) is 17.2 Å². The molecule has 5 aromatic rings. The van der Waals surface area contributed by atoms with Crippen LogP contribution in [-0.4, -0.2) is 33.8 Å². The van der Waals surface area contributed by atoms with Crippen LogP contribution >= 0.6 is 0 Å². The summed E-state index contributed by atoms with van der Waals surface area (Å²) in [5, 5.41) is 0. The maximum Gasteiger partial charge on any atom is 0.461 e. The molecule has 1 aromatic heterocycles. The van der Waals surface area contributed by atoms with Gasteiger partial charge in [0.2, 0.25) is 6.79 Å². The summed E-state index contributed by atoms with van der Waals surface area (Å²) >= 11 is 0. The Kier molecular flexibility index (Phi) is 10.2. The molecule has 0 bridgehead atoms. The second-order valence-corrected chi connectivity index (χ2v) is 12.3. The summed E-state index contributed by atoms with van der Waals surface area (Å²) in [6.07, 6.45) is -6.63. The number of ether oxygens (including phenoxy) is 3. The number of nitrogens with zero attached hydrogens (tertiary/aromatic N) is 3. The molecule has 0 aliphatic carbocycles. The summed E-state index contributed by atoms with van der Waals surface area (Å²) in [5.74, 6) is 1.85. The Morgan fingerprint density at radius 1 is 0.816 bits per heavy atom. The number of unbranched alkanes of at least 4 members (excludes halogenated alkanes) is 1. The average molecular weight is 674 g/mol. The zero-order chi connectivity index (χ0) is 34.5. The number of aryl methyl sites for hydroxylation is 2. The van der Waals surface area contributed by atoms with E-state index < -0.39 is 12.5 Å². The van der Waals surface area contributed by atoms with Crippen molar-refractivity contribution in [3.05, 3.63) is 119 Å². The van der Waals surface area contributed by atoms with E-state index in [1.807, 2.05) is 36.4 Å². The molecule has 4 aromatic carbocycles. The van der Waals surface area contributed by atoms with Crippen molar-refractivity contribution >= 4 is 0 Å². The average Bonchev–Trinajstić information content (AvgIpc) is 3.69. The first-order valence-electron chi connectivity index (χ1n) is 16.4. The molecule has 49 heavy (non-hydrogen) atoms. The number of rotatable bonds is 14. The number of hydrogen-bond acceptors (Lipinski definition) is 5. The van der Waals surface area contributed by atoms with Crippen LogP contribution in [0.25, 0.3) is 22.6 Å². The van der Waals surface area contributed by atoms with Crippen LogP contribution < -0.4 is 14.2 Å². The van der Waals surface area contributed by atoms with Crippen LogP contribution in [0.1, 0.15) is 47.7 Å². The van der Waals surface area contributed by atoms with Crippen molar-refractivity contribution in [2.24, 2.45) is 0 Å². The minimum atomic E-state index is -4.61. The predicted octanol–water partition coefficient (Wildman–Crippen LogP) is 9.80. The Hall–Kier alpha value is -4.83. The molecule has 0 spiro atoms. The molecular weight excluding hydrogens is 634 g/mol. The van der Waals surface area contributed by atoms with Gasteiger partial charge in [-0.3, -0.25) is 4.90 Å². The molecule has 0 N–H and O–H groups in total. The van der Waals surface area contributed by atoms with E-state index in [1.165, 1.54) is 23.8 Å². The first-order chi connectivity index (χ1) is 23.6. The van der Waals surface area contributed by atoms with Gasteiger partial charge in [0.15, 0.2) is 11.5 Å². The van der Waals surface area contributed by atoms with Gasteiger partial charge in [0, 0.05) is 37.3 Å². The second-order valence-electron chi connectivity index (χ2n) is 12.3. The van der Waals surface area contributed by atoms with Crippen LogP contribution in [0.4, 0.5) is 17.6 Å². The standard InChI is InChI=1S/C39H39F4N3O3/c1-4-5-18-46-33(36(31-16-14-26(2)27(3)19-31)44-37(46)30-11-7-6-8-12-30)24-45(23-29-15-17-34-35(21-29)48-25-47-34)22-28-10-9-13-32(20-28)49-39(42,43)38(40)41/h6-17,19-21,38H,4-5,18,22-25H2,1-3H3. The zero-order valence-electron chi connectivity index (χ0n) is 27.8. The Labute approximate surface area is 283 Å². The fourth-order valence-electron chi connectivity index (χ4n) is 5.98. The molecule has 0 amide bonds. The van der Waals surface area contributed by atoms with E-state index in [2.05, 4.69) is 65.3 Å². The maximum atomic E-state index is 13.8. The molecule has 0 saturated heterocycles. The van der Waals surface area contributed by atoms with Crippen molar-refractivity contribution in [3.8, 4) is 39.9 Å². The Morgan fingerprint density at radius 3 is 2.31 bits per heavy atom. The largest absolute Gasteiger partial charge is 0.461 e. The van der Waals surface area contributed by atoms with E-state index >= 15 is 0 Å². The molecule has 10 heteroatoms. The van der Waals surface area contributed by atoms with E-state index in [4.69, 9.17) is 14.5 Å². The minimum Gasteiger partial charge on any atom is -0.454 e. The molecule has 0 saturated carbocycles. The summed E-state index contributed by atoms with van der Waals surface area (Å²) in [7, 11) is 0. The van der Waals surface area contributed by atoms with Crippen molar-refractivity contribution in [3.63, 3.8) is 0 Å². The number of aromatic nitrogens is 2. The van der Waals surface area contributed by atoms with Gasteiger partial charge in [-0.2, -0.15) is 17.6 Å². The van der Waals surface area contributed by atoms with Crippen molar-refractivity contribution < 1.29 is 31.8 Å². The highest BCUT2D eigenvalue weighted by Crippen LogP contribution is 2.36. The number of fused-ring (bicyclic) bond motifs is 1. The van der Waals surface area contributed by atoms with Crippen LogP contribution in [-0.2, 0) is 26.2 Å². The lowest BCUT2D eigenvalue weighted by molar-refractivity contribution is -0.253. The third kappa shape index (κ3) is 7.91. The summed E-state index contributed by atoms with van der Waals surface area (Å²) in [6, 6.07) is 28.2. The van der Waals surface area contributed by atoms with Gasteiger partial charge in [-0.1, -0.05) is 74.0 Å². The van der Waals surface area contributed by atoms with Crippen LogP contribution in [0.3, 0.4) is 0 Å². The van der Waals surface area contributed by atoms with Crippen LogP contribution in [0, 0.1) is 13.8 Å². The Balaban J connectivity index is 1.44. The normalized spacial score (nSPS) is 12.7. The number of hydrogen-bond donors (Lipinski definition) is 0. The lowest BCUT2D eigenvalue weighted by atomic mass is 10.0. The summed E-state index contributed by atoms with van der Waals surface area (Å²) in [6.45, 7) is 8.42. The van der Waals surface area contributed by atoms with Gasteiger partial charge in [-0.25, -0.2) is 4.98 Å². The summed E-state index contributed by atoms with van der Waals surface area (Å²) < 4.78 is 71.5. The SMILES string of the molecule is CCCCn1c(-c2ccccc2)nc(-c2ccc(C)c(C)c2)c1CN(Cc1cccc(OC(F)(F)C(F)F)c1)Cc1ccc2c(c1)OCO2. The first kappa shape index (κ1) is 34.0. The third-order valence-electron chi connectivity index (χ3n) is 8.65. The van der Waals surface area contributed by atoms with E-state index in [0.29, 0.717) is 36.7 Å². The van der Waals surface area contributed by atoms with Crippen molar-refractivity contribution in [2.75, 3.05) is 6.79 Å². The summed E-state index contributed by atoms with van der Waals surface area (Å²) in [5.41, 5.74) is 7.79. The highest BCUT2D eigenvalue weighted by atomic mass is 19.3. The Bertz CT molecular complexity index is 1890. The minimum absolute atomic E-state index is 0.150. The lowest BCUT2D eigenvalue weighted by Gasteiger charge is -2.25. The van der Waals surface area contributed by atoms with Gasteiger partial charge in [0.05, 0.1) is 11.4 Å². The molecule has 1 aliphatic rings. The summed E-state index contributed by atoms with van der Waals surface area (Å²) in [4.78, 5) is 7.47. The molecule has 0 unspecified atom stereocenters. The number of benzene rings is 4. The number of alkyl halides is 4. The quantitative estimate of drug-likeness (QED) is 0.110. The van der Waals surface area contributed by atoms with Gasteiger partial charge >= 0.3 is 12.5 Å². The van der Waals surface area contributed by atoms with E-state index in [9.17, 15) is 17.6 Å². The van der Waals surface area contributed by atoms with Gasteiger partial charge < -0.3 is 18.8 Å². The third-order valence-corrected chi connectivity index (χ3v) is 8.65. The molecule has 0 radical (unpaired) electrons. The molecule has 6 rings (SSSR count). The molecule has 2 heterocycles. The molecule has 0 atom stereocenters. The Morgan fingerprint density at radius 2 is 1.57 bits per heavy atom. The van der Waals surface area contributed by atoms with E-state index in [0.717, 1.165) is 58.9 Å². The van der Waals surface area contributed by atoms with Gasteiger partial charge in [0.25, 0.3) is 0 Å². The number of imidazole rings is 1. The molecule has 6 nitrogen and oxygen atoms in total. The van der Waals surface area contributed by atoms with Crippen molar-refractivity contribution in [2.45, 2.75) is 72.3 Å². The topological polar surface area (TPSA) is 48.8 Å². The van der Waals surface area contributed by atoms with Gasteiger partial charge in [-0.15, -0.1) is 0 Å². The fraction of sp³-hybridized carbons (Fsp3) is 0.308. The van der Waals surface area contributed by atoms with E-state index in [1.54, 1.807) is 6.07 Å². The second kappa shape index (κ2) is 14.7. The molecule has 1 aliphatic heterocycles. The monoisotopic (exact) mass is 673 g/mol. The highest BCUT2D eigenvalue weighted by Gasteiger charge is 2.44. The smallest absolute Gasteiger partial charge is 0.454 e. The molecule has 256 valence electrons. The van der Waals surface area contributed by atoms with E-state index in [-0.39, 0.29) is 12.5 Å². The van der Waals surface area contributed by atoms with Crippen LogP contribution in [0.2, 0.25) is 0 Å². The maximum absolute atomic E-state index is 13.8. The van der Waals surface area contributed by atoms with Crippen LogP contribution in [0.15, 0.2) is 91.0 Å². The molecule has 0 fully saturated rings. The number of halogens is 4. The molecular formula is C39H39F4N3O3. The predicted molar refractivity (Wildman–Crippen MR) is 181 cm³/mol. The van der Waals surface area contributed by atoms with Gasteiger partial charge in [0.1, 0.15) is 11.6 Å². The fourth-order valence-corrected chi connectivity index (χ4v) is 5.98. The van der Waals surface area contributed by atoms with Gasteiger partial charge in [-0.05, 0) is 72.9 Å². The first-order valence-corrected chi connectivity index (χ1v) is 16.4. The lowest BCUT2D eigenvalue weighted by Crippen LogP contribution is -2.33. The zero-order valence-corrected chi connectivity index (χ0v) is 27.8. The van der Waals surface area contributed by atoms with Crippen molar-refractivity contribution in [1.82, 2.24) is 14.5 Å². The highest BCUT2D eigenvalue weighted by molar-refractivity contribution is 5.69.